The molecule has 0 saturated heterocycles. The van der Waals surface area contributed by atoms with Crippen LogP contribution in [0.2, 0.25) is 0 Å². The Morgan fingerprint density at radius 2 is 2.06 bits per heavy atom. The van der Waals surface area contributed by atoms with Crippen molar-refractivity contribution in [1.29, 1.82) is 0 Å². The number of aromatic nitrogens is 2. The maximum atomic E-state index is 10.7. The van der Waals surface area contributed by atoms with Crippen LogP contribution in [0.15, 0.2) is 30.5 Å². The Morgan fingerprint density at radius 1 is 1.39 bits per heavy atom. The second-order valence-corrected chi connectivity index (χ2v) is 4.15. The van der Waals surface area contributed by atoms with Crippen molar-refractivity contribution in [1.82, 2.24) is 9.78 Å². The van der Waals surface area contributed by atoms with Gasteiger partial charge in [0.1, 0.15) is 0 Å². The van der Waals surface area contributed by atoms with E-state index in [4.69, 9.17) is 5.11 Å². The van der Waals surface area contributed by atoms with E-state index in [1.54, 1.807) is 28.9 Å². The van der Waals surface area contributed by atoms with Crippen LogP contribution in [0.5, 0.6) is 0 Å². The molecule has 2 aromatic rings. The van der Waals surface area contributed by atoms with E-state index in [1.807, 2.05) is 20.2 Å². The largest absolute Gasteiger partial charge is 0.478 e. The minimum atomic E-state index is -0.912. The topological polar surface area (TPSA) is 67.2 Å². The molecular weight excluding hydrogens is 230 g/mol. The predicted octanol–water partition coefficient (Wildman–Crippen LogP) is 2.04. The molecule has 0 bridgehead atoms. The molecule has 94 valence electrons. The Morgan fingerprint density at radius 3 is 2.56 bits per heavy atom. The monoisotopic (exact) mass is 245 g/mol. The van der Waals surface area contributed by atoms with Gasteiger partial charge < -0.3 is 10.4 Å². The van der Waals surface area contributed by atoms with Crippen LogP contribution in [0.4, 0.5) is 5.69 Å². The molecule has 1 heterocycles. The van der Waals surface area contributed by atoms with E-state index in [0.717, 1.165) is 16.9 Å². The molecule has 5 nitrogen and oxygen atoms in total. The highest BCUT2D eigenvalue weighted by molar-refractivity contribution is 5.87. The number of aromatic carboxylic acids is 1. The molecule has 2 N–H and O–H groups in total. The van der Waals surface area contributed by atoms with Crippen molar-refractivity contribution < 1.29 is 9.90 Å². The van der Waals surface area contributed by atoms with E-state index < -0.39 is 5.97 Å². The lowest BCUT2D eigenvalue weighted by Gasteiger charge is -2.05. The highest BCUT2D eigenvalue weighted by atomic mass is 16.4. The molecule has 0 aliphatic rings. The zero-order valence-corrected chi connectivity index (χ0v) is 10.3. The Hall–Kier alpha value is -2.30. The Balaban J connectivity index is 2.02. The van der Waals surface area contributed by atoms with Gasteiger partial charge in [-0.3, -0.25) is 4.68 Å². The van der Waals surface area contributed by atoms with Gasteiger partial charge in [0.05, 0.1) is 11.3 Å². The summed E-state index contributed by atoms with van der Waals surface area (Å²) in [6, 6.07) is 6.69. The molecule has 0 aliphatic heterocycles. The van der Waals surface area contributed by atoms with Gasteiger partial charge in [-0.05, 0) is 31.2 Å². The first-order valence-corrected chi connectivity index (χ1v) is 5.62. The first-order valence-electron chi connectivity index (χ1n) is 5.62. The molecule has 0 atom stereocenters. The average Bonchev–Trinajstić information content (AvgIpc) is 2.66. The molecule has 18 heavy (non-hydrogen) atoms. The summed E-state index contributed by atoms with van der Waals surface area (Å²) in [4.78, 5) is 10.7. The van der Waals surface area contributed by atoms with Crippen LogP contribution in [0.25, 0.3) is 0 Å². The Kier molecular flexibility index (Phi) is 3.32. The van der Waals surface area contributed by atoms with Gasteiger partial charge in [0.15, 0.2) is 0 Å². The first-order chi connectivity index (χ1) is 8.56. The number of carbonyl (C=O) groups is 1. The molecule has 0 aliphatic carbocycles. The maximum Gasteiger partial charge on any atom is 0.335 e. The Bertz CT molecular complexity index is 558. The first kappa shape index (κ1) is 12.2. The third-order valence-corrected chi connectivity index (χ3v) is 2.73. The van der Waals surface area contributed by atoms with Gasteiger partial charge in [-0.2, -0.15) is 5.10 Å². The summed E-state index contributed by atoms with van der Waals surface area (Å²) in [6.45, 7) is 2.64. The van der Waals surface area contributed by atoms with E-state index in [-0.39, 0.29) is 5.56 Å². The SMILES string of the molecule is Cc1nn(C)cc1CNc1ccc(C(=O)O)cc1. The maximum absolute atomic E-state index is 10.7. The van der Waals surface area contributed by atoms with Crippen molar-refractivity contribution in [3.63, 3.8) is 0 Å². The number of carboxylic acid groups (broad SMARTS) is 1. The number of rotatable bonds is 4. The van der Waals surface area contributed by atoms with Crippen molar-refractivity contribution in [2.75, 3.05) is 5.32 Å². The zero-order chi connectivity index (χ0) is 13.1. The van der Waals surface area contributed by atoms with Crippen LogP contribution < -0.4 is 5.32 Å². The lowest BCUT2D eigenvalue weighted by atomic mass is 10.2. The minimum Gasteiger partial charge on any atom is -0.478 e. The lowest BCUT2D eigenvalue weighted by Crippen LogP contribution is -2.01. The third-order valence-electron chi connectivity index (χ3n) is 2.73. The number of nitrogens with one attached hydrogen (secondary N) is 1. The van der Waals surface area contributed by atoms with Crippen LogP contribution in [-0.4, -0.2) is 20.9 Å². The van der Waals surface area contributed by atoms with E-state index in [2.05, 4.69) is 10.4 Å². The second kappa shape index (κ2) is 4.91. The number of hydrogen-bond donors (Lipinski definition) is 2. The highest BCUT2D eigenvalue weighted by Gasteiger charge is 2.04. The molecule has 0 amide bonds. The third kappa shape index (κ3) is 2.68. The summed E-state index contributed by atoms with van der Waals surface area (Å²) in [7, 11) is 1.89. The molecule has 0 spiro atoms. The quantitative estimate of drug-likeness (QED) is 0.865. The van der Waals surface area contributed by atoms with Gasteiger partial charge in [-0.25, -0.2) is 4.79 Å². The number of aryl methyl sites for hydroxylation is 2. The van der Waals surface area contributed by atoms with Crippen molar-refractivity contribution in [3.8, 4) is 0 Å². The molecule has 5 heteroatoms. The summed E-state index contributed by atoms with van der Waals surface area (Å²) < 4.78 is 1.78. The zero-order valence-electron chi connectivity index (χ0n) is 10.3. The fourth-order valence-corrected chi connectivity index (χ4v) is 1.75. The van der Waals surface area contributed by atoms with E-state index in [0.29, 0.717) is 6.54 Å². The number of carboxylic acids is 1. The van der Waals surface area contributed by atoms with Crippen LogP contribution in [0.3, 0.4) is 0 Å². The fraction of sp³-hybridized carbons (Fsp3) is 0.231. The van der Waals surface area contributed by atoms with Gasteiger partial charge in [0, 0.05) is 31.0 Å². The number of benzene rings is 1. The van der Waals surface area contributed by atoms with Gasteiger partial charge in [0.25, 0.3) is 0 Å². The van der Waals surface area contributed by atoms with Crippen molar-refractivity contribution >= 4 is 11.7 Å². The van der Waals surface area contributed by atoms with Crippen LogP contribution in [0.1, 0.15) is 21.6 Å². The van der Waals surface area contributed by atoms with E-state index >= 15 is 0 Å². The molecule has 0 fully saturated rings. The normalized spacial score (nSPS) is 10.3. The van der Waals surface area contributed by atoms with Gasteiger partial charge >= 0.3 is 5.97 Å². The fourth-order valence-electron chi connectivity index (χ4n) is 1.75. The summed E-state index contributed by atoms with van der Waals surface area (Å²) in [5.41, 5.74) is 3.30. The molecule has 2 rings (SSSR count). The van der Waals surface area contributed by atoms with Crippen molar-refractivity contribution in [2.45, 2.75) is 13.5 Å². The standard InChI is InChI=1S/C13H15N3O2/c1-9-11(8-16(2)15-9)7-14-12-5-3-10(4-6-12)13(17)18/h3-6,8,14H,7H2,1-2H3,(H,17,18). The van der Waals surface area contributed by atoms with Gasteiger partial charge in [0.2, 0.25) is 0 Å². The van der Waals surface area contributed by atoms with Crippen LogP contribution >= 0.6 is 0 Å². The van der Waals surface area contributed by atoms with Crippen molar-refractivity contribution in [3.05, 3.63) is 47.3 Å². The summed E-state index contributed by atoms with van der Waals surface area (Å²) in [5, 5.41) is 16.3. The average molecular weight is 245 g/mol. The number of anilines is 1. The number of nitrogens with zero attached hydrogens (tertiary/aromatic N) is 2. The lowest BCUT2D eigenvalue weighted by molar-refractivity contribution is 0.0697. The molecule has 0 radical (unpaired) electrons. The second-order valence-electron chi connectivity index (χ2n) is 4.15. The van der Waals surface area contributed by atoms with Crippen LogP contribution in [0, 0.1) is 6.92 Å². The van der Waals surface area contributed by atoms with E-state index in [9.17, 15) is 4.79 Å². The molecule has 0 saturated carbocycles. The predicted molar refractivity (Wildman–Crippen MR) is 68.7 cm³/mol. The van der Waals surface area contributed by atoms with E-state index in [1.165, 1.54) is 0 Å². The molecule has 1 aromatic carbocycles. The van der Waals surface area contributed by atoms with Crippen molar-refractivity contribution in [2.24, 2.45) is 7.05 Å². The highest BCUT2D eigenvalue weighted by Crippen LogP contribution is 2.12. The van der Waals surface area contributed by atoms with Gasteiger partial charge in [-0.1, -0.05) is 0 Å². The Labute approximate surface area is 105 Å². The summed E-state index contributed by atoms with van der Waals surface area (Å²) >= 11 is 0. The smallest absolute Gasteiger partial charge is 0.335 e. The minimum absolute atomic E-state index is 0.290. The summed E-state index contributed by atoms with van der Waals surface area (Å²) in [6.07, 6.45) is 1.97. The number of hydrogen-bond acceptors (Lipinski definition) is 3. The molecular formula is C13H15N3O2. The van der Waals surface area contributed by atoms with Crippen LogP contribution in [-0.2, 0) is 13.6 Å². The molecule has 1 aromatic heterocycles. The molecule has 0 unspecified atom stereocenters. The van der Waals surface area contributed by atoms with Gasteiger partial charge in [-0.15, -0.1) is 0 Å². The summed E-state index contributed by atoms with van der Waals surface area (Å²) in [5.74, 6) is -0.912.